The van der Waals surface area contributed by atoms with Crippen LogP contribution in [0.15, 0.2) is 24.3 Å². The zero-order valence-corrected chi connectivity index (χ0v) is 8.01. The molecule has 3 rings (SSSR count). The van der Waals surface area contributed by atoms with Crippen LogP contribution in [0.3, 0.4) is 0 Å². The van der Waals surface area contributed by atoms with Crippen molar-refractivity contribution in [1.82, 2.24) is 4.57 Å². The summed E-state index contributed by atoms with van der Waals surface area (Å²) in [6.07, 6.45) is 2.49. The SMILES string of the molecule is Clc1ccc2cc3n(c2c1)CCC3. The summed E-state index contributed by atoms with van der Waals surface area (Å²) in [6, 6.07) is 8.40. The van der Waals surface area contributed by atoms with E-state index in [1.165, 1.54) is 29.4 Å². The fraction of sp³-hybridized carbons (Fsp3) is 0.273. The molecule has 1 nitrogen and oxygen atoms in total. The third-order valence-corrected chi connectivity index (χ3v) is 3.00. The number of aryl methyl sites for hydroxylation is 2. The number of fused-ring (bicyclic) bond motifs is 3. The zero-order chi connectivity index (χ0) is 8.84. The lowest BCUT2D eigenvalue weighted by Gasteiger charge is -1.99. The van der Waals surface area contributed by atoms with Gasteiger partial charge < -0.3 is 4.57 Å². The van der Waals surface area contributed by atoms with Crippen molar-refractivity contribution in [3.63, 3.8) is 0 Å². The first-order chi connectivity index (χ1) is 6.34. The van der Waals surface area contributed by atoms with Crippen LogP contribution in [0.25, 0.3) is 10.9 Å². The minimum atomic E-state index is 0.834. The van der Waals surface area contributed by atoms with Gasteiger partial charge in [0.1, 0.15) is 0 Å². The molecule has 0 fully saturated rings. The molecule has 0 saturated heterocycles. The molecule has 0 N–H and O–H groups in total. The number of hydrogen-bond donors (Lipinski definition) is 0. The van der Waals surface area contributed by atoms with Gasteiger partial charge in [-0.2, -0.15) is 0 Å². The maximum absolute atomic E-state index is 5.96. The van der Waals surface area contributed by atoms with Crippen LogP contribution >= 0.6 is 11.6 Å². The van der Waals surface area contributed by atoms with Crippen LogP contribution in [-0.2, 0) is 13.0 Å². The smallest absolute Gasteiger partial charge is 0.0497 e. The van der Waals surface area contributed by atoms with Gasteiger partial charge in [-0.15, -0.1) is 0 Å². The van der Waals surface area contributed by atoms with Gasteiger partial charge in [0.2, 0.25) is 0 Å². The number of aromatic nitrogens is 1. The van der Waals surface area contributed by atoms with Crippen molar-refractivity contribution in [1.29, 1.82) is 0 Å². The topological polar surface area (TPSA) is 4.93 Å². The molecule has 2 aromatic rings. The molecule has 0 unspecified atom stereocenters. The monoisotopic (exact) mass is 191 g/mol. The normalized spacial score (nSPS) is 15.2. The van der Waals surface area contributed by atoms with Crippen molar-refractivity contribution in [2.24, 2.45) is 0 Å². The molecule has 0 saturated carbocycles. The standard InChI is InChI=1S/C11H10ClN/c12-9-4-3-8-6-10-2-1-5-13(10)11(8)7-9/h3-4,6-7H,1-2,5H2. The molecule has 1 aromatic heterocycles. The summed E-state index contributed by atoms with van der Waals surface area (Å²) >= 11 is 5.96. The fourth-order valence-corrected chi connectivity index (χ4v) is 2.34. The third-order valence-electron chi connectivity index (χ3n) is 2.77. The molecule has 1 aliphatic rings. The van der Waals surface area contributed by atoms with Crippen LogP contribution in [0.1, 0.15) is 12.1 Å². The quantitative estimate of drug-likeness (QED) is 0.603. The van der Waals surface area contributed by atoms with Gasteiger partial charge in [-0.3, -0.25) is 0 Å². The minimum Gasteiger partial charge on any atom is -0.345 e. The van der Waals surface area contributed by atoms with E-state index in [4.69, 9.17) is 11.6 Å². The van der Waals surface area contributed by atoms with Crippen LogP contribution in [0.5, 0.6) is 0 Å². The Morgan fingerprint density at radius 2 is 2.15 bits per heavy atom. The highest BCUT2D eigenvalue weighted by molar-refractivity contribution is 6.31. The number of rotatable bonds is 0. The second kappa shape index (κ2) is 2.52. The number of benzene rings is 1. The predicted octanol–water partition coefficient (Wildman–Crippen LogP) is 3.24. The van der Waals surface area contributed by atoms with Gasteiger partial charge in [-0.05, 0) is 36.4 Å². The number of nitrogens with zero attached hydrogens (tertiary/aromatic N) is 1. The first-order valence-corrected chi connectivity index (χ1v) is 5.00. The highest BCUT2D eigenvalue weighted by atomic mass is 35.5. The second-order valence-corrected chi connectivity index (χ2v) is 4.03. The Kier molecular flexibility index (Phi) is 1.44. The lowest BCUT2D eigenvalue weighted by atomic mass is 10.2. The molecular weight excluding hydrogens is 182 g/mol. The highest BCUT2D eigenvalue weighted by Crippen LogP contribution is 2.27. The maximum Gasteiger partial charge on any atom is 0.0497 e. The Hall–Kier alpha value is -0.950. The van der Waals surface area contributed by atoms with Crippen LogP contribution in [0.2, 0.25) is 5.02 Å². The fourth-order valence-electron chi connectivity index (χ4n) is 2.17. The maximum atomic E-state index is 5.96. The average Bonchev–Trinajstić information content (AvgIpc) is 2.64. The van der Waals surface area contributed by atoms with Crippen molar-refractivity contribution >= 4 is 22.5 Å². The van der Waals surface area contributed by atoms with E-state index in [1.54, 1.807) is 0 Å². The minimum absolute atomic E-state index is 0.834. The molecule has 0 amide bonds. The van der Waals surface area contributed by atoms with E-state index >= 15 is 0 Å². The van der Waals surface area contributed by atoms with E-state index in [1.807, 2.05) is 6.07 Å². The van der Waals surface area contributed by atoms with Gasteiger partial charge in [-0.1, -0.05) is 17.7 Å². The van der Waals surface area contributed by atoms with E-state index in [9.17, 15) is 0 Å². The molecule has 0 atom stereocenters. The van der Waals surface area contributed by atoms with Crippen molar-refractivity contribution in [3.05, 3.63) is 35.0 Å². The third kappa shape index (κ3) is 1.00. The Bertz CT molecular complexity index is 470. The summed E-state index contributed by atoms with van der Waals surface area (Å²) in [7, 11) is 0. The van der Waals surface area contributed by atoms with E-state index in [0.29, 0.717) is 0 Å². The highest BCUT2D eigenvalue weighted by Gasteiger charge is 2.13. The Balaban J connectivity index is 2.40. The van der Waals surface area contributed by atoms with E-state index < -0.39 is 0 Å². The van der Waals surface area contributed by atoms with Crippen LogP contribution in [0.4, 0.5) is 0 Å². The lowest BCUT2D eigenvalue weighted by Crippen LogP contribution is -1.90. The summed E-state index contributed by atoms with van der Waals surface area (Å²) in [5, 5.41) is 2.15. The van der Waals surface area contributed by atoms with Gasteiger partial charge in [0.25, 0.3) is 0 Å². The van der Waals surface area contributed by atoms with Gasteiger partial charge in [0, 0.05) is 22.8 Å². The largest absolute Gasteiger partial charge is 0.345 e. The Morgan fingerprint density at radius 1 is 1.23 bits per heavy atom. The first-order valence-electron chi connectivity index (χ1n) is 4.62. The molecule has 2 heterocycles. The van der Waals surface area contributed by atoms with Gasteiger partial charge >= 0.3 is 0 Å². The molecule has 66 valence electrons. The molecule has 2 heteroatoms. The molecule has 0 spiro atoms. The molecule has 1 aromatic carbocycles. The van der Waals surface area contributed by atoms with E-state index in [2.05, 4.69) is 22.8 Å². The second-order valence-electron chi connectivity index (χ2n) is 3.59. The molecule has 0 aliphatic carbocycles. The van der Waals surface area contributed by atoms with Crippen LogP contribution in [0, 0.1) is 0 Å². The van der Waals surface area contributed by atoms with Crippen molar-refractivity contribution in [2.45, 2.75) is 19.4 Å². The molecular formula is C11H10ClN. The van der Waals surface area contributed by atoms with Crippen molar-refractivity contribution < 1.29 is 0 Å². The van der Waals surface area contributed by atoms with Crippen LogP contribution < -0.4 is 0 Å². The zero-order valence-electron chi connectivity index (χ0n) is 7.26. The summed E-state index contributed by atoms with van der Waals surface area (Å²) in [5.41, 5.74) is 2.75. The van der Waals surface area contributed by atoms with E-state index in [0.717, 1.165) is 11.6 Å². The van der Waals surface area contributed by atoms with Crippen molar-refractivity contribution in [3.8, 4) is 0 Å². The Labute approximate surface area is 81.9 Å². The van der Waals surface area contributed by atoms with Crippen molar-refractivity contribution in [2.75, 3.05) is 0 Å². The molecule has 1 aliphatic heterocycles. The summed E-state index contributed by atoms with van der Waals surface area (Å²) in [6.45, 7) is 1.15. The lowest BCUT2D eigenvalue weighted by molar-refractivity contribution is 0.772. The average molecular weight is 192 g/mol. The van der Waals surface area contributed by atoms with Gasteiger partial charge in [0.05, 0.1) is 0 Å². The van der Waals surface area contributed by atoms with Gasteiger partial charge in [-0.25, -0.2) is 0 Å². The number of halogens is 1. The predicted molar refractivity (Wildman–Crippen MR) is 55.3 cm³/mol. The summed E-state index contributed by atoms with van der Waals surface area (Å²) in [4.78, 5) is 0. The van der Waals surface area contributed by atoms with E-state index in [-0.39, 0.29) is 0 Å². The molecule has 0 bridgehead atoms. The van der Waals surface area contributed by atoms with Gasteiger partial charge in [0.15, 0.2) is 0 Å². The molecule has 0 radical (unpaired) electrons. The number of hydrogen-bond acceptors (Lipinski definition) is 0. The summed E-state index contributed by atoms with van der Waals surface area (Å²) in [5.74, 6) is 0. The van der Waals surface area contributed by atoms with Crippen LogP contribution in [-0.4, -0.2) is 4.57 Å². The first kappa shape index (κ1) is 7.45. The summed E-state index contributed by atoms with van der Waals surface area (Å²) < 4.78 is 2.38. The Morgan fingerprint density at radius 3 is 3.08 bits per heavy atom. The molecule has 13 heavy (non-hydrogen) atoms.